The molecule has 1 aromatic heterocycles. The van der Waals surface area contributed by atoms with Gasteiger partial charge in [-0.25, -0.2) is 0 Å². The monoisotopic (exact) mass is 252 g/mol. The Hall–Kier alpha value is -0.900. The first-order valence-electron chi connectivity index (χ1n) is 6.14. The van der Waals surface area contributed by atoms with E-state index in [4.69, 9.17) is 4.42 Å². The van der Waals surface area contributed by atoms with E-state index in [-0.39, 0.29) is 0 Å². The molecule has 0 saturated carbocycles. The number of hydrogen-bond acceptors (Lipinski definition) is 3. The van der Waals surface area contributed by atoms with Crippen LogP contribution in [-0.2, 0) is 6.54 Å². The second-order valence-corrected chi connectivity index (χ2v) is 5.85. The molecule has 0 bridgehead atoms. The first-order valence-corrected chi connectivity index (χ1v) is 7.13. The van der Waals surface area contributed by atoms with Gasteiger partial charge in [0, 0.05) is 11.8 Å². The van der Waals surface area contributed by atoms with Crippen LogP contribution in [0, 0.1) is 12.8 Å². The summed E-state index contributed by atoms with van der Waals surface area (Å²) in [6, 6.07) is 4.54. The molecule has 1 aliphatic rings. The number of thioether (sulfide) groups is 1. The fourth-order valence-corrected chi connectivity index (χ4v) is 2.82. The van der Waals surface area contributed by atoms with Crippen LogP contribution in [0.3, 0.4) is 0 Å². The van der Waals surface area contributed by atoms with Gasteiger partial charge in [0.1, 0.15) is 11.5 Å². The Bertz CT molecular complexity index is 398. The summed E-state index contributed by atoms with van der Waals surface area (Å²) < 4.78 is 5.50. The smallest absolute Gasteiger partial charge is 0.157 e. The van der Waals surface area contributed by atoms with Crippen molar-refractivity contribution in [3.05, 3.63) is 23.7 Å². The number of aryl methyl sites for hydroxylation is 1. The summed E-state index contributed by atoms with van der Waals surface area (Å²) in [6.07, 6.45) is 1.22. The van der Waals surface area contributed by atoms with Crippen LogP contribution in [0.25, 0.3) is 0 Å². The predicted molar refractivity (Wildman–Crippen MR) is 73.4 cm³/mol. The number of nitrogens with zero attached hydrogens (tertiary/aromatic N) is 1. The first kappa shape index (κ1) is 12.6. The highest BCUT2D eigenvalue weighted by Crippen LogP contribution is 2.19. The van der Waals surface area contributed by atoms with Gasteiger partial charge in [-0.1, -0.05) is 25.6 Å². The summed E-state index contributed by atoms with van der Waals surface area (Å²) in [5.74, 6) is 3.70. The van der Waals surface area contributed by atoms with Crippen LogP contribution >= 0.6 is 11.8 Å². The number of hydrogen-bond donors (Lipinski definition) is 1. The fraction of sp³-hybridized carbons (Fsp3) is 0.615. The van der Waals surface area contributed by atoms with Gasteiger partial charge in [0.25, 0.3) is 0 Å². The minimum atomic E-state index is 0.563. The molecule has 1 atom stereocenters. The summed E-state index contributed by atoms with van der Waals surface area (Å²) in [5.41, 5.74) is 0. The Balaban J connectivity index is 1.93. The van der Waals surface area contributed by atoms with Gasteiger partial charge in [-0.3, -0.25) is 4.99 Å². The Morgan fingerprint density at radius 1 is 1.53 bits per heavy atom. The highest BCUT2D eigenvalue weighted by Gasteiger charge is 2.19. The minimum absolute atomic E-state index is 0.563. The normalized spacial score (nSPS) is 23.1. The summed E-state index contributed by atoms with van der Waals surface area (Å²) >= 11 is 1.81. The summed E-state index contributed by atoms with van der Waals surface area (Å²) in [6.45, 7) is 7.09. The average Bonchev–Trinajstić information content (AvgIpc) is 2.73. The number of nitrogens with one attached hydrogen (secondary N) is 1. The zero-order valence-corrected chi connectivity index (χ0v) is 11.5. The van der Waals surface area contributed by atoms with Gasteiger partial charge in [-0.05, 0) is 31.4 Å². The van der Waals surface area contributed by atoms with Crippen LogP contribution in [0.15, 0.2) is 21.5 Å². The average molecular weight is 252 g/mol. The molecule has 94 valence electrons. The van der Waals surface area contributed by atoms with Crippen LogP contribution in [0.1, 0.15) is 31.8 Å². The number of amidine groups is 1. The maximum atomic E-state index is 5.50. The van der Waals surface area contributed by atoms with E-state index in [1.54, 1.807) is 0 Å². The van der Waals surface area contributed by atoms with Crippen molar-refractivity contribution in [2.75, 3.05) is 5.75 Å². The van der Waals surface area contributed by atoms with E-state index in [1.165, 1.54) is 6.42 Å². The van der Waals surface area contributed by atoms with Gasteiger partial charge in [0.15, 0.2) is 5.17 Å². The summed E-state index contributed by atoms with van der Waals surface area (Å²) in [5, 5.41) is 4.56. The fourth-order valence-electron chi connectivity index (χ4n) is 1.87. The van der Waals surface area contributed by atoms with Gasteiger partial charge in [-0.2, -0.15) is 0 Å². The van der Waals surface area contributed by atoms with Crippen molar-refractivity contribution >= 4 is 16.9 Å². The van der Waals surface area contributed by atoms with Crippen molar-refractivity contribution in [1.29, 1.82) is 0 Å². The second kappa shape index (κ2) is 5.63. The first-order chi connectivity index (χ1) is 8.15. The standard InChI is InChI=1S/C13H20N2OS/c1-9(2)12-6-7-17-13(15-12)14-8-11-5-4-10(3)16-11/h4-5,9,12H,6-8H2,1-3H3,(H,14,15). The Morgan fingerprint density at radius 3 is 3.00 bits per heavy atom. The molecule has 4 heteroatoms. The lowest BCUT2D eigenvalue weighted by atomic mass is 10.0. The Labute approximate surface area is 107 Å². The van der Waals surface area contributed by atoms with Crippen LogP contribution in [0.2, 0.25) is 0 Å². The third kappa shape index (κ3) is 3.53. The van der Waals surface area contributed by atoms with Crippen LogP contribution < -0.4 is 5.32 Å². The molecule has 1 unspecified atom stereocenters. The van der Waals surface area contributed by atoms with Crippen molar-refractivity contribution in [3.8, 4) is 0 Å². The summed E-state index contributed by atoms with van der Waals surface area (Å²) in [4.78, 5) is 4.57. The largest absolute Gasteiger partial charge is 0.464 e. The molecule has 0 aromatic carbocycles. The Morgan fingerprint density at radius 2 is 2.35 bits per heavy atom. The number of rotatable bonds is 3. The SMILES string of the molecule is Cc1ccc(CN=C2NC(C(C)C)CCS2)o1. The molecule has 0 amide bonds. The lowest BCUT2D eigenvalue weighted by Gasteiger charge is -2.28. The third-order valence-electron chi connectivity index (χ3n) is 2.96. The molecule has 17 heavy (non-hydrogen) atoms. The molecule has 3 nitrogen and oxygen atoms in total. The second-order valence-electron chi connectivity index (χ2n) is 4.77. The third-order valence-corrected chi connectivity index (χ3v) is 3.92. The zero-order valence-electron chi connectivity index (χ0n) is 10.7. The van der Waals surface area contributed by atoms with Crippen molar-refractivity contribution in [3.63, 3.8) is 0 Å². The molecular formula is C13H20N2OS. The van der Waals surface area contributed by atoms with Crippen LogP contribution in [0.4, 0.5) is 0 Å². The van der Waals surface area contributed by atoms with E-state index < -0.39 is 0 Å². The molecule has 1 saturated heterocycles. The Kier molecular flexibility index (Phi) is 4.15. The van der Waals surface area contributed by atoms with Crippen molar-refractivity contribution in [2.24, 2.45) is 10.9 Å². The molecule has 1 aliphatic heterocycles. The van der Waals surface area contributed by atoms with E-state index in [1.807, 2.05) is 30.8 Å². The van der Waals surface area contributed by atoms with E-state index in [9.17, 15) is 0 Å². The molecule has 0 radical (unpaired) electrons. The van der Waals surface area contributed by atoms with Gasteiger partial charge < -0.3 is 9.73 Å². The van der Waals surface area contributed by atoms with Gasteiger partial charge in [0.05, 0.1) is 6.54 Å². The zero-order chi connectivity index (χ0) is 12.3. The van der Waals surface area contributed by atoms with Crippen molar-refractivity contribution in [2.45, 2.75) is 39.8 Å². The van der Waals surface area contributed by atoms with E-state index >= 15 is 0 Å². The predicted octanol–water partition coefficient (Wildman–Crippen LogP) is 3.20. The quantitative estimate of drug-likeness (QED) is 0.897. The molecule has 1 aromatic rings. The molecule has 2 heterocycles. The van der Waals surface area contributed by atoms with E-state index in [0.717, 1.165) is 22.4 Å². The van der Waals surface area contributed by atoms with Gasteiger partial charge in [-0.15, -0.1) is 0 Å². The molecule has 1 N–H and O–H groups in total. The van der Waals surface area contributed by atoms with Crippen LogP contribution in [0.5, 0.6) is 0 Å². The highest BCUT2D eigenvalue weighted by atomic mass is 32.2. The number of aliphatic imine (C=N–C) groups is 1. The van der Waals surface area contributed by atoms with E-state index in [0.29, 0.717) is 18.5 Å². The number of furan rings is 1. The molecule has 2 rings (SSSR count). The highest BCUT2D eigenvalue weighted by molar-refractivity contribution is 8.13. The molecule has 0 aliphatic carbocycles. The molecule has 1 fully saturated rings. The van der Waals surface area contributed by atoms with Crippen molar-refractivity contribution in [1.82, 2.24) is 5.32 Å². The van der Waals surface area contributed by atoms with Crippen molar-refractivity contribution < 1.29 is 4.42 Å². The lowest BCUT2D eigenvalue weighted by Crippen LogP contribution is -2.41. The van der Waals surface area contributed by atoms with Gasteiger partial charge >= 0.3 is 0 Å². The maximum Gasteiger partial charge on any atom is 0.157 e. The van der Waals surface area contributed by atoms with E-state index in [2.05, 4.69) is 24.2 Å². The van der Waals surface area contributed by atoms with Crippen LogP contribution in [-0.4, -0.2) is 17.0 Å². The topological polar surface area (TPSA) is 37.5 Å². The minimum Gasteiger partial charge on any atom is -0.464 e. The maximum absolute atomic E-state index is 5.50. The van der Waals surface area contributed by atoms with Gasteiger partial charge in [0.2, 0.25) is 0 Å². The molecule has 0 spiro atoms. The summed E-state index contributed by atoms with van der Waals surface area (Å²) in [7, 11) is 0. The molecular weight excluding hydrogens is 232 g/mol. The lowest BCUT2D eigenvalue weighted by molar-refractivity contribution is 0.441.